The fraction of sp³-hybridized carbons (Fsp3) is 0.391. The van der Waals surface area contributed by atoms with Crippen molar-refractivity contribution in [2.24, 2.45) is 0 Å². The first-order valence-corrected chi connectivity index (χ1v) is 9.82. The van der Waals surface area contributed by atoms with Gasteiger partial charge in [0.05, 0.1) is 12.8 Å². The Bertz CT molecular complexity index is 954. The van der Waals surface area contributed by atoms with Crippen LogP contribution in [-0.2, 0) is 14.3 Å². The standard InChI is InChI=1S/C23H28N2O4/c1-14-6-10-21(28-5)20(12-14)24-23(27)17(4)29-22(26)11-7-18-13-15(2)25(16(18)3)19-8-9-19/h6-7,10-13,17,19H,8-9H2,1-5H3,(H,24,27)/b11-7+/t17-/m1/s1. The molecule has 6 nitrogen and oxygen atoms in total. The van der Waals surface area contributed by atoms with Crippen molar-refractivity contribution in [2.75, 3.05) is 12.4 Å². The van der Waals surface area contributed by atoms with Crippen LogP contribution in [0.5, 0.6) is 5.75 Å². The Kier molecular flexibility index (Phi) is 6.11. The lowest BCUT2D eigenvalue weighted by Crippen LogP contribution is -2.29. The van der Waals surface area contributed by atoms with E-state index in [1.54, 1.807) is 25.1 Å². The minimum Gasteiger partial charge on any atom is -0.495 e. The Morgan fingerprint density at radius 3 is 2.59 bits per heavy atom. The maximum atomic E-state index is 12.4. The minimum atomic E-state index is -0.934. The molecule has 154 valence electrons. The highest BCUT2D eigenvalue weighted by Gasteiger charge is 2.26. The highest BCUT2D eigenvalue weighted by molar-refractivity contribution is 5.97. The quantitative estimate of drug-likeness (QED) is 0.558. The van der Waals surface area contributed by atoms with Crippen molar-refractivity contribution in [1.29, 1.82) is 0 Å². The van der Waals surface area contributed by atoms with Gasteiger partial charge in [0, 0.05) is 23.5 Å². The number of amides is 1. The van der Waals surface area contributed by atoms with Gasteiger partial charge < -0.3 is 19.4 Å². The number of esters is 1. The number of carbonyl (C=O) groups excluding carboxylic acids is 2. The number of methoxy groups -OCH3 is 1. The Balaban J connectivity index is 1.60. The third-order valence-electron chi connectivity index (χ3n) is 5.11. The molecule has 1 saturated carbocycles. The van der Waals surface area contributed by atoms with Crippen molar-refractivity contribution < 1.29 is 19.1 Å². The zero-order chi connectivity index (χ0) is 21.1. The van der Waals surface area contributed by atoms with Crippen molar-refractivity contribution in [2.45, 2.75) is 52.7 Å². The van der Waals surface area contributed by atoms with Gasteiger partial charge in [-0.05, 0) is 75.9 Å². The van der Waals surface area contributed by atoms with Gasteiger partial charge in [-0.3, -0.25) is 4.79 Å². The molecule has 3 rings (SSSR count). The molecule has 1 aromatic carbocycles. The molecule has 1 fully saturated rings. The summed E-state index contributed by atoms with van der Waals surface area (Å²) in [6, 6.07) is 8.13. The maximum absolute atomic E-state index is 12.4. The van der Waals surface area contributed by atoms with Crippen LogP contribution in [0.15, 0.2) is 30.3 Å². The molecule has 1 aliphatic carbocycles. The van der Waals surface area contributed by atoms with Gasteiger partial charge >= 0.3 is 5.97 Å². The zero-order valence-corrected chi connectivity index (χ0v) is 17.6. The van der Waals surface area contributed by atoms with E-state index >= 15 is 0 Å². The number of aryl methyl sites for hydroxylation is 2. The highest BCUT2D eigenvalue weighted by Crippen LogP contribution is 2.38. The maximum Gasteiger partial charge on any atom is 0.331 e. The third-order valence-corrected chi connectivity index (χ3v) is 5.11. The number of aromatic nitrogens is 1. The van der Waals surface area contributed by atoms with E-state index in [2.05, 4.69) is 29.8 Å². The van der Waals surface area contributed by atoms with Gasteiger partial charge in [-0.15, -0.1) is 0 Å². The molecule has 0 bridgehead atoms. The van der Waals surface area contributed by atoms with Crippen molar-refractivity contribution in [1.82, 2.24) is 4.57 Å². The lowest BCUT2D eigenvalue weighted by atomic mass is 10.2. The molecule has 1 aromatic heterocycles. The van der Waals surface area contributed by atoms with Crippen LogP contribution in [-0.4, -0.2) is 29.7 Å². The number of rotatable bonds is 7. The van der Waals surface area contributed by atoms with Crippen LogP contribution in [0.1, 0.15) is 48.3 Å². The topological polar surface area (TPSA) is 69.6 Å². The van der Waals surface area contributed by atoms with Crippen molar-refractivity contribution in [3.8, 4) is 5.75 Å². The van der Waals surface area contributed by atoms with E-state index in [-0.39, 0.29) is 0 Å². The lowest BCUT2D eigenvalue weighted by Gasteiger charge is -2.15. The second kappa shape index (κ2) is 8.55. The van der Waals surface area contributed by atoms with E-state index in [9.17, 15) is 9.59 Å². The Hall–Kier alpha value is -3.02. The van der Waals surface area contributed by atoms with Crippen molar-refractivity contribution >= 4 is 23.6 Å². The minimum absolute atomic E-state index is 0.414. The van der Waals surface area contributed by atoms with Crippen LogP contribution in [0, 0.1) is 20.8 Å². The number of anilines is 1. The number of hydrogen-bond acceptors (Lipinski definition) is 4. The van der Waals surface area contributed by atoms with E-state index in [1.807, 2.05) is 13.0 Å². The summed E-state index contributed by atoms with van der Waals surface area (Å²) in [5.41, 5.74) is 4.86. The first-order valence-electron chi connectivity index (χ1n) is 9.82. The van der Waals surface area contributed by atoms with Gasteiger partial charge in [0.1, 0.15) is 5.75 Å². The summed E-state index contributed by atoms with van der Waals surface area (Å²) in [7, 11) is 1.54. The monoisotopic (exact) mass is 396 g/mol. The first-order chi connectivity index (χ1) is 13.8. The summed E-state index contributed by atoms with van der Waals surface area (Å²) < 4.78 is 12.8. The number of benzene rings is 1. The summed E-state index contributed by atoms with van der Waals surface area (Å²) in [6.45, 7) is 7.60. The molecule has 1 amide bonds. The molecular weight excluding hydrogens is 368 g/mol. The second-order valence-corrected chi connectivity index (χ2v) is 7.53. The molecule has 1 aliphatic rings. The number of nitrogens with zero attached hydrogens (tertiary/aromatic N) is 1. The van der Waals surface area contributed by atoms with Gasteiger partial charge in [-0.2, -0.15) is 0 Å². The van der Waals surface area contributed by atoms with Crippen molar-refractivity contribution in [3.05, 3.63) is 52.9 Å². The second-order valence-electron chi connectivity index (χ2n) is 7.53. The smallest absolute Gasteiger partial charge is 0.331 e. The first kappa shape index (κ1) is 20.7. The number of nitrogens with one attached hydrogen (secondary N) is 1. The fourth-order valence-corrected chi connectivity index (χ4v) is 3.44. The van der Waals surface area contributed by atoms with E-state index in [1.165, 1.54) is 31.7 Å². The van der Waals surface area contributed by atoms with Crippen LogP contribution in [0.3, 0.4) is 0 Å². The molecule has 0 aliphatic heterocycles. The van der Waals surface area contributed by atoms with E-state index in [0.29, 0.717) is 17.5 Å². The number of carbonyl (C=O) groups is 2. The third kappa shape index (κ3) is 4.88. The normalized spacial score (nSPS) is 14.7. The molecule has 0 spiro atoms. The molecular formula is C23H28N2O4. The molecule has 2 aromatic rings. The SMILES string of the molecule is COc1ccc(C)cc1NC(=O)[C@@H](C)OC(=O)/C=C/c1cc(C)n(C2CC2)c1C. The van der Waals surface area contributed by atoms with E-state index in [0.717, 1.165) is 16.8 Å². The summed E-state index contributed by atoms with van der Waals surface area (Å²) in [6.07, 6.45) is 4.60. The predicted octanol–water partition coefficient (Wildman–Crippen LogP) is 4.34. The zero-order valence-electron chi connectivity index (χ0n) is 17.6. The molecule has 6 heteroatoms. The molecule has 29 heavy (non-hydrogen) atoms. The summed E-state index contributed by atoms with van der Waals surface area (Å²) >= 11 is 0. The Morgan fingerprint density at radius 2 is 1.93 bits per heavy atom. The van der Waals surface area contributed by atoms with Crippen molar-refractivity contribution in [3.63, 3.8) is 0 Å². The van der Waals surface area contributed by atoms with Crippen LogP contribution < -0.4 is 10.1 Å². The molecule has 0 radical (unpaired) electrons. The average molecular weight is 396 g/mol. The van der Waals surface area contributed by atoms with Gasteiger partial charge in [0.25, 0.3) is 5.91 Å². The predicted molar refractivity (Wildman–Crippen MR) is 113 cm³/mol. The van der Waals surface area contributed by atoms with Gasteiger partial charge in [-0.1, -0.05) is 6.07 Å². The Morgan fingerprint density at radius 1 is 1.21 bits per heavy atom. The van der Waals surface area contributed by atoms with Gasteiger partial charge in [-0.25, -0.2) is 4.79 Å². The number of hydrogen-bond donors (Lipinski definition) is 1. The van der Waals surface area contributed by atoms with Crippen LogP contribution in [0.4, 0.5) is 5.69 Å². The summed E-state index contributed by atoms with van der Waals surface area (Å²) in [5, 5.41) is 2.75. The fourth-order valence-electron chi connectivity index (χ4n) is 3.44. The number of ether oxygens (including phenoxy) is 2. The van der Waals surface area contributed by atoms with Gasteiger partial charge in [0.2, 0.25) is 0 Å². The molecule has 0 unspecified atom stereocenters. The highest BCUT2D eigenvalue weighted by atomic mass is 16.5. The molecule has 1 heterocycles. The largest absolute Gasteiger partial charge is 0.495 e. The van der Waals surface area contributed by atoms with E-state index < -0.39 is 18.0 Å². The molecule has 1 N–H and O–H groups in total. The van der Waals surface area contributed by atoms with Gasteiger partial charge in [0.15, 0.2) is 6.10 Å². The summed E-state index contributed by atoms with van der Waals surface area (Å²) in [5.74, 6) is -0.420. The van der Waals surface area contributed by atoms with E-state index in [4.69, 9.17) is 9.47 Å². The van der Waals surface area contributed by atoms with Crippen LogP contribution >= 0.6 is 0 Å². The molecule has 0 saturated heterocycles. The average Bonchev–Trinajstić information content (AvgIpc) is 3.45. The molecule has 1 atom stereocenters. The Labute approximate surface area is 171 Å². The van der Waals surface area contributed by atoms with Crippen LogP contribution in [0.25, 0.3) is 6.08 Å². The lowest BCUT2D eigenvalue weighted by molar-refractivity contribution is -0.148. The van der Waals surface area contributed by atoms with Crippen LogP contribution in [0.2, 0.25) is 0 Å². The summed E-state index contributed by atoms with van der Waals surface area (Å²) in [4.78, 5) is 24.6.